The Hall–Kier alpha value is -1.91. The predicted octanol–water partition coefficient (Wildman–Crippen LogP) is 4.70. The van der Waals surface area contributed by atoms with Gasteiger partial charge in [0, 0.05) is 16.2 Å². The Morgan fingerprint density at radius 3 is 2.68 bits per heavy atom. The number of nitrogens with one attached hydrogen (secondary N) is 1. The second kappa shape index (κ2) is 7.49. The first kappa shape index (κ1) is 19.4. The van der Waals surface area contributed by atoms with Crippen LogP contribution >= 0.6 is 46.5 Å². The average molecular weight is 475 g/mol. The number of sulfonamides is 1. The summed E-state index contributed by atoms with van der Waals surface area (Å²) in [7, 11) is -3.96. The Morgan fingerprint density at radius 2 is 1.89 bits per heavy atom. The maximum absolute atomic E-state index is 12.8. The molecule has 12 heteroatoms. The van der Waals surface area contributed by atoms with Gasteiger partial charge >= 0.3 is 0 Å². The maximum atomic E-state index is 12.8. The molecule has 0 fully saturated rings. The number of rotatable bonds is 5. The summed E-state index contributed by atoms with van der Waals surface area (Å²) in [6, 6.07) is 9.83. The first-order chi connectivity index (χ1) is 13.3. The zero-order valence-corrected chi connectivity index (χ0v) is 17.7. The SMILES string of the molecule is O=S(=O)(Nc1nn(Cc2ccc(Cl)cc2Cl)cc1Cl)c1cccc2nsnc12. The highest BCUT2D eigenvalue weighted by Gasteiger charge is 2.22. The lowest BCUT2D eigenvalue weighted by molar-refractivity contribution is 0.601. The molecule has 2 heterocycles. The van der Waals surface area contributed by atoms with Crippen LogP contribution in [0.4, 0.5) is 5.82 Å². The van der Waals surface area contributed by atoms with Crippen LogP contribution in [0.2, 0.25) is 15.1 Å². The molecule has 7 nitrogen and oxygen atoms in total. The quantitative estimate of drug-likeness (QED) is 0.453. The highest BCUT2D eigenvalue weighted by molar-refractivity contribution is 7.93. The van der Waals surface area contributed by atoms with Crippen molar-refractivity contribution in [1.82, 2.24) is 18.5 Å². The van der Waals surface area contributed by atoms with Gasteiger partial charge in [-0.05, 0) is 29.8 Å². The highest BCUT2D eigenvalue weighted by atomic mass is 35.5. The molecule has 0 aliphatic rings. The molecule has 0 aliphatic carbocycles. The Kier molecular flexibility index (Phi) is 5.19. The maximum Gasteiger partial charge on any atom is 0.265 e. The zero-order chi connectivity index (χ0) is 19.9. The summed E-state index contributed by atoms with van der Waals surface area (Å²) in [5.41, 5.74) is 1.56. The number of hydrogen-bond acceptors (Lipinski definition) is 6. The molecule has 0 spiro atoms. The van der Waals surface area contributed by atoms with Crippen molar-refractivity contribution in [2.24, 2.45) is 0 Å². The smallest absolute Gasteiger partial charge is 0.265 e. The van der Waals surface area contributed by atoms with Gasteiger partial charge in [-0.1, -0.05) is 46.9 Å². The van der Waals surface area contributed by atoms with Crippen LogP contribution < -0.4 is 4.72 Å². The number of hydrogen-bond donors (Lipinski definition) is 1. The number of halogens is 3. The number of fused-ring (bicyclic) bond motifs is 1. The molecule has 0 radical (unpaired) electrons. The van der Waals surface area contributed by atoms with Gasteiger partial charge in [-0.2, -0.15) is 13.8 Å². The number of anilines is 1. The van der Waals surface area contributed by atoms with Gasteiger partial charge in [-0.3, -0.25) is 9.40 Å². The van der Waals surface area contributed by atoms with Crippen molar-refractivity contribution in [3.8, 4) is 0 Å². The van der Waals surface area contributed by atoms with Crippen molar-refractivity contribution in [3.05, 3.63) is 63.2 Å². The van der Waals surface area contributed by atoms with Crippen LogP contribution in [-0.2, 0) is 16.6 Å². The Balaban J connectivity index is 1.63. The van der Waals surface area contributed by atoms with E-state index in [0.717, 1.165) is 17.3 Å². The third-order valence-corrected chi connectivity index (χ3v) is 6.61. The molecule has 0 aliphatic heterocycles. The average Bonchev–Trinajstić information content (AvgIpc) is 3.23. The topological polar surface area (TPSA) is 89.8 Å². The Bertz CT molecular complexity index is 1290. The van der Waals surface area contributed by atoms with Crippen LogP contribution in [0.3, 0.4) is 0 Å². The molecule has 4 rings (SSSR count). The molecule has 0 bridgehead atoms. The lowest BCUT2D eigenvalue weighted by Crippen LogP contribution is -2.14. The first-order valence-electron chi connectivity index (χ1n) is 7.74. The third kappa shape index (κ3) is 3.81. The summed E-state index contributed by atoms with van der Waals surface area (Å²) in [6.07, 6.45) is 1.51. The van der Waals surface area contributed by atoms with E-state index in [9.17, 15) is 8.42 Å². The molecule has 4 aromatic rings. The molecule has 1 N–H and O–H groups in total. The van der Waals surface area contributed by atoms with Crippen LogP contribution in [0.5, 0.6) is 0 Å². The molecule has 144 valence electrons. The van der Waals surface area contributed by atoms with Crippen molar-refractivity contribution >= 4 is 73.4 Å². The predicted molar refractivity (Wildman–Crippen MR) is 111 cm³/mol. The van der Waals surface area contributed by atoms with Gasteiger partial charge in [0.05, 0.1) is 18.3 Å². The first-order valence-corrected chi connectivity index (χ1v) is 11.1. The molecular weight excluding hydrogens is 465 g/mol. The summed E-state index contributed by atoms with van der Waals surface area (Å²) in [4.78, 5) is 0.00473. The second-order valence-corrected chi connectivity index (χ2v) is 9.18. The van der Waals surface area contributed by atoms with Crippen LogP contribution in [0, 0.1) is 0 Å². The number of nitrogens with zero attached hydrogens (tertiary/aromatic N) is 4. The van der Waals surface area contributed by atoms with Gasteiger partial charge < -0.3 is 0 Å². The van der Waals surface area contributed by atoms with E-state index in [0.29, 0.717) is 27.6 Å². The van der Waals surface area contributed by atoms with Crippen molar-refractivity contribution in [1.29, 1.82) is 0 Å². The monoisotopic (exact) mass is 473 g/mol. The van der Waals surface area contributed by atoms with E-state index in [1.807, 2.05) is 0 Å². The van der Waals surface area contributed by atoms with Gasteiger partial charge in [0.15, 0.2) is 5.82 Å². The number of aromatic nitrogens is 4. The zero-order valence-electron chi connectivity index (χ0n) is 13.8. The molecule has 0 saturated carbocycles. The van der Waals surface area contributed by atoms with E-state index in [1.54, 1.807) is 30.3 Å². The van der Waals surface area contributed by atoms with Crippen LogP contribution in [-0.4, -0.2) is 26.9 Å². The summed E-state index contributed by atoms with van der Waals surface area (Å²) in [6.45, 7) is 0.295. The second-order valence-electron chi connectivity index (χ2n) is 5.75. The van der Waals surface area contributed by atoms with Crippen LogP contribution in [0.1, 0.15) is 5.56 Å². The molecule has 0 amide bonds. The minimum Gasteiger partial charge on any atom is -0.265 e. The van der Waals surface area contributed by atoms with Crippen molar-refractivity contribution < 1.29 is 8.42 Å². The van der Waals surface area contributed by atoms with E-state index in [1.165, 1.54) is 16.9 Å². The fourth-order valence-corrected chi connectivity index (χ4v) is 5.06. The highest BCUT2D eigenvalue weighted by Crippen LogP contribution is 2.27. The van der Waals surface area contributed by atoms with Gasteiger partial charge in [-0.15, -0.1) is 0 Å². The normalized spacial score (nSPS) is 11.8. The van der Waals surface area contributed by atoms with Gasteiger partial charge in [0.2, 0.25) is 0 Å². The standard InChI is InChI=1S/C16H10Cl3N5O2S2/c17-10-5-4-9(11(18)6-10)7-24-8-12(19)16(20-24)23-28(25,26)14-3-1-2-13-15(14)22-27-21-13/h1-6,8H,7H2,(H,20,23). The van der Waals surface area contributed by atoms with Gasteiger partial charge in [0.1, 0.15) is 21.0 Å². The van der Waals surface area contributed by atoms with Gasteiger partial charge in [-0.25, -0.2) is 8.42 Å². The summed E-state index contributed by atoms with van der Waals surface area (Å²) in [5.74, 6) is 0.00643. The van der Waals surface area contributed by atoms with E-state index in [4.69, 9.17) is 34.8 Å². The van der Waals surface area contributed by atoms with Crippen LogP contribution in [0.15, 0.2) is 47.5 Å². The molecule has 0 saturated heterocycles. The molecule has 28 heavy (non-hydrogen) atoms. The third-order valence-electron chi connectivity index (χ3n) is 3.83. The number of benzene rings is 2. The van der Waals surface area contributed by atoms with E-state index in [2.05, 4.69) is 18.6 Å². The Morgan fingerprint density at radius 1 is 1.07 bits per heavy atom. The Labute approximate surface area is 179 Å². The van der Waals surface area contributed by atoms with Gasteiger partial charge in [0.25, 0.3) is 10.0 Å². The lowest BCUT2D eigenvalue weighted by atomic mass is 10.2. The molecule has 0 unspecified atom stereocenters. The minimum absolute atomic E-state index is 0.00473. The minimum atomic E-state index is -3.96. The van der Waals surface area contributed by atoms with Crippen LogP contribution in [0.25, 0.3) is 11.0 Å². The molecular formula is C16H10Cl3N5O2S2. The van der Waals surface area contributed by atoms with E-state index < -0.39 is 10.0 Å². The largest absolute Gasteiger partial charge is 0.265 e. The molecule has 0 atom stereocenters. The van der Waals surface area contributed by atoms with Crippen molar-refractivity contribution in [2.75, 3.05) is 4.72 Å². The lowest BCUT2D eigenvalue weighted by Gasteiger charge is -2.07. The fraction of sp³-hybridized carbons (Fsp3) is 0.0625. The van der Waals surface area contributed by atoms with E-state index in [-0.39, 0.29) is 15.7 Å². The molecule has 2 aromatic heterocycles. The van der Waals surface area contributed by atoms with E-state index >= 15 is 0 Å². The van der Waals surface area contributed by atoms with Crippen molar-refractivity contribution in [3.63, 3.8) is 0 Å². The summed E-state index contributed by atoms with van der Waals surface area (Å²) in [5, 5.41) is 5.36. The van der Waals surface area contributed by atoms with Crippen molar-refractivity contribution in [2.45, 2.75) is 11.4 Å². The summed E-state index contributed by atoms with van der Waals surface area (Å²) >= 11 is 19.2. The fourth-order valence-electron chi connectivity index (χ4n) is 2.55. The summed E-state index contributed by atoms with van der Waals surface area (Å²) < 4.78 is 37.6. The molecule has 2 aromatic carbocycles.